The van der Waals surface area contributed by atoms with Gasteiger partial charge in [0.25, 0.3) is 0 Å². The Morgan fingerprint density at radius 2 is 2.06 bits per heavy atom. The quantitative estimate of drug-likeness (QED) is 0.612. The number of aromatic nitrogens is 1. The molecule has 0 aliphatic carbocycles. The zero-order valence-corrected chi connectivity index (χ0v) is 9.38. The van der Waals surface area contributed by atoms with Crippen molar-refractivity contribution in [1.29, 1.82) is 10.5 Å². The number of nitrogens with zero attached hydrogens (tertiary/aromatic N) is 3. The number of fused-ring (bicyclic) bond motifs is 1. The van der Waals surface area contributed by atoms with Crippen molar-refractivity contribution in [3.05, 3.63) is 47.4 Å². The molecular weight excluding hydrogens is 226 g/mol. The number of rotatable bonds is 2. The molecule has 1 aromatic carbocycles. The summed E-state index contributed by atoms with van der Waals surface area (Å²) in [5.41, 5.74) is 6.91. The maximum absolute atomic E-state index is 8.81. The largest absolute Gasteiger partial charge is 0.388 e. The minimum atomic E-state index is -0.186. The summed E-state index contributed by atoms with van der Waals surface area (Å²) in [7, 11) is 0. The maximum atomic E-state index is 8.81. The van der Waals surface area contributed by atoms with Gasteiger partial charge >= 0.3 is 0 Å². The third kappa shape index (κ3) is 2.06. The van der Waals surface area contributed by atoms with Gasteiger partial charge in [0.15, 0.2) is 5.70 Å². The molecule has 0 radical (unpaired) electrons. The van der Waals surface area contributed by atoms with Gasteiger partial charge in [-0.3, -0.25) is 0 Å². The number of aromatic amines is 1. The Kier molecular flexibility index (Phi) is 3.08. The van der Waals surface area contributed by atoms with Gasteiger partial charge in [0, 0.05) is 28.9 Å². The lowest BCUT2D eigenvalue weighted by molar-refractivity contribution is 1.27. The molecule has 0 saturated carbocycles. The fourth-order valence-electron chi connectivity index (χ4n) is 1.55. The first-order valence-corrected chi connectivity index (χ1v) is 5.16. The number of allylic oxidation sites excluding steroid dienone is 2. The Balaban J connectivity index is 2.42. The first-order valence-electron chi connectivity index (χ1n) is 5.16. The molecule has 3 N–H and O–H groups in total. The van der Waals surface area contributed by atoms with Crippen molar-refractivity contribution in [3.63, 3.8) is 0 Å². The van der Waals surface area contributed by atoms with Crippen LogP contribution in [0.15, 0.2) is 46.8 Å². The van der Waals surface area contributed by atoms with E-state index in [-0.39, 0.29) is 11.4 Å². The molecule has 0 unspecified atom stereocenters. The minimum Gasteiger partial charge on any atom is -0.388 e. The first-order chi connectivity index (χ1) is 8.76. The van der Waals surface area contributed by atoms with Crippen molar-refractivity contribution in [3.8, 4) is 12.1 Å². The molecule has 0 fully saturated rings. The molecule has 0 saturated heterocycles. The van der Waals surface area contributed by atoms with Crippen LogP contribution in [0.4, 0.5) is 0 Å². The summed E-state index contributed by atoms with van der Waals surface area (Å²) in [4.78, 5) is 7.02. The normalized spacial score (nSPS) is 12.1. The molecule has 1 aromatic heterocycles. The average Bonchev–Trinajstić information content (AvgIpc) is 2.82. The Bertz CT molecular complexity index is 722. The van der Waals surface area contributed by atoms with Crippen molar-refractivity contribution < 1.29 is 0 Å². The van der Waals surface area contributed by atoms with E-state index in [2.05, 4.69) is 9.98 Å². The zero-order chi connectivity index (χ0) is 13.0. The molecule has 2 aromatic rings. The predicted molar refractivity (Wildman–Crippen MR) is 68.3 cm³/mol. The van der Waals surface area contributed by atoms with Crippen LogP contribution in [0.25, 0.3) is 10.9 Å². The molecule has 0 aliphatic rings. The summed E-state index contributed by atoms with van der Waals surface area (Å²) in [6.45, 7) is 0. The summed E-state index contributed by atoms with van der Waals surface area (Å²) >= 11 is 0. The summed E-state index contributed by atoms with van der Waals surface area (Å²) in [6, 6.07) is 11.2. The van der Waals surface area contributed by atoms with E-state index in [9.17, 15) is 0 Å². The van der Waals surface area contributed by atoms with E-state index >= 15 is 0 Å². The van der Waals surface area contributed by atoms with Crippen LogP contribution in [0.1, 0.15) is 5.56 Å². The lowest BCUT2D eigenvalue weighted by atomic mass is 10.2. The second kappa shape index (κ2) is 4.86. The topological polar surface area (TPSA) is 102 Å². The second-order valence-corrected chi connectivity index (χ2v) is 3.53. The lowest BCUT2D eigenvalue weighted by Gasteiger charge is -1.91. The lowest BCUT2D eigenvalue weighted by Crippen LogP contribution is -1.97. The number of nitrogens with two attached hydrogens (primary N) is 1. The number of H-pyrrole nitrogens is 1. The Morgan fingerprint density at radius 3 is 2.78 bits per heavy atom. The number of nitrogens with one attached hydrogen (secondary N) is 1. The van der Waals surface area contributed by atoms with Gasteiger partial charge in [-0.25, -0.2) is 4.99 Å². The van der Waals surface area contributed by atoms with E-state index in [1.54, 1.807) is 18.3 Å². The van der Waals surface area contributed by atoms with E-state index in [0.717, 1.165) is 16.5 Å². The molecule has 1 heterocycles. The fourth-order valence-corrected chi connectivity index (χ4v) is 1.55. The van der Waals surface area contributed by atoms with Crippen LogP contribution in [-0.4, -0.2) is 11.2 Å². The number of nitriles is 2. The van der Waals surface area contributed by atoms with Crippen molar-refractivity contribution in [1.82, 2.24) is 4.98 Å². The fraction of sp³-hybridized carbons (Fsp3) is 0. The molecule has 0 amide bonds. The second-order valence-electron chi connectivity index (χ2n) is 3.53. The predicted octanol–water partition coefficient (Wildman–Crippen LogP) is 1.80. The Labute approximate surface area is 103 Å². The first kappa shape index (κ1) is 11.4. The number of para-hydroxylation sites is 1. The van der Waals surface area contributed by atoms with Crippen LogP contribution in [0.5, 0.6) is 0 Å². The highest BCUT2D eigenvalue weighted by Crippen LogP contribution is 2.16. The molecular formula is C13H9N5. The van der Waals surface area contributed by atoms with Gasteiger partial charge in [-0.1, -0.05) is 18.2 Å². The molecule has 5 nitrogen and oxygen atoms in total. The molecule has 2 rings (SSSR count). The number of benzene rings is 1. The van der Waals surface area contributed by atoms with Crippen molar-refractivity contribution >= 4 is 17.1 Å². The van der Waals surface area contributed by atoms with Gasteiger partial charge in [0.1, 0.15) is 17.8 Å². The number of hydrogen-bond acceptors (Lipinski definition) is 4. The van der Waals surface area contributed by atoms with Crippen LogP contribution in [0, 0.1) is 22.7 Å². The average molecular weight is 235 g/mol. The van der Waals surface area contributed by atoms with Crippen LogP contribution in [0.2, 0.25) is 0 Å². The highest BCUT2D eigenvalue weighted by atomic mass is 14.8. The van der Waals surface area contributed by atoms with Gasteiger partial charge in [0.05, 0.1) is 0 Å². The molecule has 18 heavy (non-hydrogen) atoms. The van der Waals surface area contributed by atoms with Crippen LogP contribution in [0.3, 0.4) is 0 Å². The van der Waals surface area contributed by atoms with Crippen LogP contribution >= 0.6 is 0 Å². The van der Waals surface area contributed by atoms with E-state index in [1.807, 2.05) is 24.3 Å². The molecule has 0 bridgehead atoms. The van der Waals surface area contributed by atoms with Crippen LogP contribution < -0.4 is 5.73 Å². The smallest absolute Gasteiger partial charge is 0.174 e. The number of aliphatic imine (C=N–C) groups is 1. The van der Waals surface area contributed by atoms with Crippen molar-refractivity contribution in [2.45, 2.75) is 0 Å². The standard InChI is InChI=1S/C13H9N5/c14-5-11(16)13(6-15)18-8-9-7-17-12-4-2-1-3-10(9)12/h1-4,7-8,17H,16H2/b13-11-,18-8?. The van der Waals surface area contributed by atoms with Crippen LogP contribution in [-0.2, 0) is 0 Å². The van der Waals surface area contributed by atoms with E-state index in [0.29, 0.717) is 0 Å². The van der Waals surface area contributed by atoms with Gasteiger partial charge in [-0.2, -0.15) is 10.5 Å². The Morgan fingerprint density at radius 1 is 1.28 bits per heavy atom. The maximum Gasteiger partial charge on any atom is 0.174 e. The monoisotopic (exact) mass is 235 g/mol. The van der Waals surface area contributed by atoms with E-state index in [4.69, 9.17) is 16.3 Å². The molecule has 0 aliphatic heterocycles. The van der Waals surface area contributed by atoms with Gasteiger partial charge in [-0.15, -0.1) is 0 Å². The third-order valence-corrected chi connectivity index (χ3v) is 2.44. The van der Waals surface area contributed by atoms with Crippen molar-refractivity contribution in [2.24, 2.45) is 10.7 Å². The SMILES string of the molecule is N#C/C(N)=C(\C#N)N=Cc1c[nH]c2ccccc12. The molecule has 86 valence electrons. The highest BCUT2D eigenvalue weighted by molar-refractivity contribution is 5.99. The van der Waals surface area contributed by atoms with Crippen molar-refractivity contribution in [2.75, 3.05) is 0 Å². The minimum absolute atomic E-state index is 0.0808. The Hall–Kier alpha value is -3.05. The summed E-state index contributed by atoms with van der Waals surface area (Å²) in [5, 5.41) is 18.4. The highest BCUT2D eigenvalue weighted by Gasteiger charge is 2.02. The van der Waals surface area contributed by atoms with Gasteiger partial charge in [-0.05, 0) is 6.07 Å². The summed E-state index contributed by atoms with van der Waals surface area (Å²) in [6.07, 6.45) is 3.30. The number of hydrogen-bond donors (Lipinski definition) is 2. The summed E-state index contributed by atoms with van der Waals surface area (Å²) < 4.78 is 0. The van der Waals surface area contributed by atoms with Gasteiger partial charge in [0.2, 0.25) is 0 Å². The van der Waals surface area contributed by atoms with E-state index in [1.165, 1.54) is 6.21 Å². The molecule has 5 heteroatoms. The molecule has 0 spiro atoms. The third-order valence-electron chi connectivity index (χ3n) is 2.44. The summed E-state index contributed by atoms with van der Waals surface area (Å²) in [5.74, 6) is 0. The van der Waals surface area contributed by atoms with Gasteiger partial charge < -0.3 is 10.7 Å². The molecule has 0 atom stereocenters. The van der Waals surface area contributed by atoms with E-state index < -0.39 is 0 Å². The zero-order valence-electron chi connectivity index (χ0n) is 9.38.